The van der Waals surface area contributed by atoms with E-state index in [2.05, 4.69) is 38.5 Å². The average Bonchev–Trinajstić information content (AvgIpc) is 3.18. The fourth-order valence-corrected chi connectivity index (χ4v) is 5.01. The summed E-state index contributed by atoms with van der Waals surface area (Å²) < 4.78 is 8.41. The molecule has 1 aliphatic heterocycles. The molecule has 1 saturated heterocycles. The predicted molar refractivity (Wildman–Crippen MR) is 107 cm³/mol. The van der Waals surface area contributed by atoms with Gasteiger partial charge in [-0.3, -0.25) is 9.48 Å². The lowest BCUT2D eigenvalue weighted by Gasteiger charge is -2.38. The summed E-state index contributed by atoms with van der Waals surface area (Å²) in [5.41, 5.74) is 1.66. The second-order valence-electron chi connectivity index (χ2n) is 6.70. The lowest BCUT2D eigenvalue weighted by atomic mass is 9.82. The minimum atomic E-state index is -0.400. The molecule has 0 aliphatic carbocycles. The largest absolute Gasteiger partial charge is 0.381 e. The molecule has 0 radical (unpaired) electrons. The molecule has 4 rings (SSSR count). The highest BCUT2D eigenvalue weighted by Crippen LogP contribution is 2.35. The summed E-state index contributed by atoms with van der Waals surface area (Å²) >= 11 is 5.03. The lowest BCUT2D eigenvalue weighted by molar-refractivity contribution is 0.0346. The zero-order valence-corrected chi connectivity index (χ0v) is 17.1. The fourth-order valence-electron chi connectivity index (χ4n) is 3.59. The first-order valence-corrected chi connectivity index (χ1v) is 10.2. The van der Waals surface area contributed by atoms with Gasteiger partial charge in [-0.05, 0) is 43.5 Å². The van der Waals surface area contributed by atoms with Gasteiger partial charge in [-0.25, -0.2) is 0 Å². The molecular weight excluding hydrogens is 414 g/mol. The maximum atomic E-state index is 13.1. The Morgan fingerprint density at radius 2 is 2.12 bits per heavy atom. The van der Waals surface area contributed by atoms with Gasteiger partial charge in [0.25, 0.3) is 5.91 Å². The van der Waals surface area contributed by atoms with E-state index >= 15 is 0 Å². The quantitative estimate of drug-likeness (QED) is 0.674. The first-order valence-electron chi connectivity index (χ1n) is 8.58. The van der Waals surface area contributed by atoms with Crippen molar-refractivity contribution in [3.8, 4) is 0 Å². The number of aryl methyl sites for hydroxylation is 2. The third-order valence-corrected chi connectivity index (χ3v) is 6.69. The number of carbonyl (C=O) groups is 1. The van der Waals surface area contributed by atoms with Gasteiger partial charge in [-0.15, -0.1) is 11.3 Å². The van der Waals surface area contributed by atoms with Crippen LogP contribution in [0.3, 0.4) is 0 Å². The number of fused-ring (bicyclic) bond motifs is 1. The molecule has 5 nitrogen and oxygen atoms in total. The van der Waals surface area contributed by atoms with Crippen molar-refractivity contribution in [1.29, 1.82) is 0 Å². The number of benzene rings is 1. The van der Waals surface area contributed by atoms with Crippen molar-refractivity contribution < 1.29 is 9.53 Å². The molecule has 3 aromatic rings. The van der Waals surface area contributed by atoms with Crippen LogP contribution in [0.5, 0.6) is 0 Å². The van der Waals surface area contributed by atoms with Crippen molar-refractivity contribution in [2.45, 2.75) is 25.3 Å². The standard InChI is InChI=1S/C19H20BrN3O2S/c1-12-15-11-16(26-18(15)23(2)22-12)17(24)21-19(6-8-25-9-7-19)13-4-3-5-14(20)10-13/h3-5,10-11H,6-9H2,1-2H3,(H,21,24). The highest BCUT2D eigenvalue weighted by atomic mass is 79.9. The second-order valence-corrected chi connectivity index (χ2v) is 8.64. The second kappa shape index (κ2) is 6.79. The third-order valence-electron chi connectivity index (χ3n) is 5.00. The summed E-state index contributed by atoms with van der Waals surface area (Å²) in [6.45, 7) is 3.25. The van der Waals surface area contributed by atoms with Gasteiger partial charge in [0.15, 0.2) is 0 Å². The maximum Gasteiger partial charge on any atom is 0.262 e. The SMILES string of the molecule is Cc1nn(C)c2sc(C(=O)NC3(c4cccc(Br)c4)CCOCC3)cc12. The first kappa shape index (κ1) is 17.7. The molecule has 1 N–H and O–H groups in total. The number of halogens is 1. The topological polar surface area (TPSA) is 56.2 Å². The van der Waals surface area contributed by atoms with E-state index in [1.807, 2.05) is 36.9 Å². The molecule has 2 aromatic heterocycles. The normalized spacial score (nSPS) is 16.7. The van der Waals surface area contributed by atoms with Gasteiger partial charge in [-0.1, -0.05) is 28.1 Å². The summed E-state index contributed by atoms with van der Waals surface area (Å²) in [4.78, 5) is 14.8. The number of rotatable bonds is 3. The molecule has 26 heavy (non-hydrogen) atoms. The average molecular weight is 434 g/mol. The van der Waals surface area contributed by atoms with Gasteiger partial charge in [0, 0.05) is 30.1 Å². The molecule has 3 heterocycles. The van der Waals surface area contributed by atoms with E-state index in [-0.39, 0.29) is 5.91 Å². The van der Waals surface area contributed by atoms with E-state index in [0.29, 0.717) is 13.2 Å². The van der Waals surface area contributed by atoms with Gasteiger partial charge in [0.2, 0.25) is 0 Å². The van der Waals surface area contributed by atoms with Crippen LogP contribution >= 0.6 is 27.3 Å². The van der Waals surface area contributed by atoms with Crippen molar-refractivity contribution >= 4 is 43.4 Å². The van der Waals surface area contributed by atoms with Crippen LogP contribution in [0.15, 0.2) is 34.8 Å². The van der Waals surface area contributed by atoms with E-state index < -0.39 is 5.54 Å². The number of carbonyl (C=O) groups excluding carboxylic acids is 1. The number of hydrogen-bond acceptors (Lipinski definition) is 4. The Kier molecular flexibility index (Phi) is 4.62. The van der Waals surface area contributed by atoms with E-state index in [1.165, 1.54) is 11.3 Å². The molecule has 0 spiro atoms. The van der Waals surface area contributed by atoms with Crippen molar-refractivity contribution in [2.75, 3.05) is 13.2 Å². The number of aromatic nitrogens is 2. The van der Waals surface area contributed by atoms with Crippen LogP contribution in [0.2, 0.25) is 0 Å². The number of nitrogens with one attached hydrogen (secondary N) is 1. The Bertz CT molecular complexity index is 938. The van der Waals surface area contributed by atoms with Gasteiger partial charge in [0.05, 0.1) is 16.1 Å². The van der Waals surface area contributed by atoms with Crippen LogP contribution in [-0.2, 0) is 17.3 Å². The molecule has 0 unspecified atom stereocenters. The van der Waals surface area contributed by atoms with Gasteiger partial charge in [0.1, 0.15) is 4.83 Å². The highest BCUT2D eigenvalue weighted by Gasteiger charge is 2.36. The molecule has 1 aliphatic rings. The van der Waals surface area contributed by atoms with Crippen molar-refractivity contribution in [3.05, 3.63) is 50.9 Å². The van der Waals surface area contributed by atoms with E-state index in [9.17, 15) is 4.79 Å². The molecule has 1 aromatic carbocycles. The summed E-state index contributed by atoms with van der Waals surface area (Å²) in [5.74, 6) is -0.0347. The minimum Gasteiger partial charge on any atom is -0.381 e. The van der Waals surface area contributed by atoms with Crippen LogP contribution < -0.4 is 5.32 Å². The Morgan fingerprint density at radius 3 is 2.81 bits per heavy atom. The molecular formula is C19H20BrN3O2S. The Morgan fingerprint density at radius 1 is 1.35 bits per heavy atom. The molecule has 136 valence electrons. The Labute approximate surface area is 164 Å². The number of thiophene rings is 1. The van der Waals surface area contributed by atoms with Crippen LogP contribution in [0.4, 0.5) is 0 Å². The minimum absolute atomic E-state index is 0.0347. The number of ether oxygens (including phenoxy) is 1. The van der Waals surface area contributed by atoms with Crippen molar-refractivity contribution in [2.24, 2.45) is 7.05 Å². The number of nitrogens with zero attached hydrogens (tertiary/aromatic N) is 2. The molecule has 0 bridgehead atoms. The van der Waals surface area contributed by atoms with Crippen LogP contribution in [0.1, 0.15) is 33.8 Å². The van der Waals surface area contributed by atoms with Gasteiger partial charge < -0.3 is 10.1 Å². The number of hydrogen-bond donors (Lipinski definition) is 1. The Balaban J connectivity index is 1.68. The zero-order chi connectivity index (χ0) is 18.3. The van der Waals surface area contributed by atoms with E-state index in [0.717, 1.165) is 43.7 Å². The van der Waals surface area contributed by atoms with E-state index in [4.69, 9.17) is 4.74 Å². The van der Waals surface area contributed by atoms with Gasteiger partial charge >= 0.3 is 0 Å². The van der Waals surface area contributed by atoms with Crippen LogP contribution in [0, 0.1) is 6.92 Å². The summed E-state index contributed by atoms with van der Waals surface area (Å²) in [5, 5.41) is 8.78. The summed E-state index contributed by atoms with van der Waals surface area (Å²) in [6, 6.07) is 10.1. The molecule has 1 amide bonds. The fraction of sp³-hybridized carbons (Fsp3) is 0.368. The summed E-state index contributed by atoms with van der Waals surface area (Å²) in [7, 11) is 1.91. The summed E-state index contributed by atoms with van der Waals surface area (Å²) in [6.07, 6.45) is 1.53. The molecule has 1 fully saturated rings. The third kappa shape index (κ3) is 3.08. The zero-order valence-electron chi connectivity index (χ0n) is 14.7. The smallest absolute Gasteiger partial charge is 0.262 e. The predicted octanol–water partition coefficient (Wildman–Crippen LogP) is 4.14. The molecule has 0 atom stereocenters. The molecule has 0 saturated carbocycles. The van der Waals surface area contributed by atoms with E-state index in [1.54, 1.807) is 0 Å². The maximum absolute atomic E-state index is 13.1. The van der Waals surface area contributed by atoms with Crippen LogP contribution in [0.25, 0.3) is 10.2 Å². The van der Waals surface area contributed by atoms with Gasteiger partial charge in [-0.2, -0.15) is 5.10 Å². The first-order chi connectivity index (χ1) is 12.5. The van der Waals surface area contributed by atoms with Crippen molar-refractivity contribution in [3.63, 3.8) is 0 Å². The van der Waals surface area contributed by atoms with Crippen LogP contribution in [-0.4, -0.2) is 28.9 Å². The monoisotopic (exact) mass is 433 g/mol. The Hall–Kier alpha value is -1.70. The highest BCUT2D eigenvalue weighted by molar-refractivity contribution is 9.10. The van der Waals surface area contributed by atoms with Crippen molar-refractivity contribution in [1.82, 2.24) is 15.1 Å². The number of amides is 1. The molecule has 7 heteroatoms. The lowest BCUT2D eigenvalue weighted by Crippen LogP contribution is -2.49.